The minimum absolute atomic E-state index is 0.205. The standard InChI is InChI=1S/C17H28N2O6/c1-6-23-16(21)14-11(4)18-17(22)19-13(14)9-25-15(20)12(5)24-8-7-10(2)3/h10-12H,6-9H2,1-5H3,(H2,18,19,22). The van der Waals surface area contributed by atoms with Crippen LogP contribution < -0.4 is 10.6 Å². The van der Waals surface area contributed by atoms with Gasteiger partial charge in [0.25, 0.3) is 0 Å². The minimum Gasteiger partial charge on any atom is -0.463 e. The lowest BCUT2D eigenvalue weighted by Crippen LogP contribution is -2.50. The SMILES string of the molecule is CCOC(=O)C1=C(COC(=O)C(C)OCCC(C)C)NC(=O)NC1C. The molecule has 1 heterocycles. The van der Waals surface area contributed by atoms with Gasteiger partial charge in [0, 0.05) is 6.61 Å². The van der Waals surface area contributed by atoms with Gasteiger partial charge in [0.2, 0.25) is 0 Å². The third-order valence-electron chi connectivity index (χ3n) is 3.62. The molecule has 0 spiro atoms. The number of carbonyl (C=O) groups excluding carboxylic acids is 3. The van der Waals surface area contributed by atoms with Crippen LogP contribution in [0.5, 0.6) is 0 Å². The number of nitrogens with one attached hydrogen (secondary N) is 2. The van der Waals surface area contributed by atoms with Crippen molar-refractivity contribution in [2.75, 3.05) is 19.8 Å². The van der Waals surface area contributed by atoms with Gasteiger partial charge in [-0.15, -0.1) is 0 Å². The van der Waals surface area contributed by atoms with Gasteiger partial charge in [-0.05, 0) is 33.1 Å². The topological polar surface area (TPSA) is 103 Å². The Morgan fingerprint density at radius 1 is 1.20 bits per heavy atom. The molecule has 0 aliphatic carbocycles. The van der Waals surface area contributed by atoms with Crippen LogP contribution in [0, 0.1) is 5.92 Å². The zero-order chi connectivity index (χ0) is 19.0. The first-order valence-electron chi connectivity index (χ1n) is 8.52. The van der Waals surface area contributed by atoms with Gasteiger partial charge >= 0.3 is 18.0 Å². The monoisotopic (exact) mass is 356 g/mol. The largest absolute Gasteiger partial charge is 0.463 e. The molecule has 25 heavy (non-hydrogen) atoms. The van der Waals surface area contributed by atoms with E-state index in [2.05, 4.69) is 24.5 Å². The molecule has 0 aromatic rings. The Hall–Kier alpha value is -2.09. The highest BCUT2D eigenvalue weighted by atomic mass is 16.6. The van der Waals surface area contributed by atoms with E-state index in [-0.39, 0.29) is 24.5 Å². The molecule has 2 N–H and O–H groups in total. The predicted octanol–water partition coefficient (Wildman–Crippen LogP) is 1.50. The van der Waals surface area contributed by atoms with E-state index in [1.165, 1.54) is 0 Å². The first-order valence-corrected chi connectivity index (χ1v) is 8.52. The van der Waals surface area contributed by atoms with E-state index >= 15 is 0 Å². The van der Waals surface area contributed by atoms with E-state index in [1.54, 1.807) is 20.8 Å². The second-order valence-corrected chi connectivity index (χ2v) is 6.24. The van der Waals surface area contributed by atoms with E-state index in [4.69, 9.17) is 14.2 Å². The zero-order valence-corrected chi connectivity index (χ0v) is 15.5. The fourth-order valence-corrected chi connectivity index (χ4v) is 2.20. The lowest BCUT2D eigenvalue weighted by molar-refractivity contribution is -0.155. The predicted molar refractivity (Wildman–Crippen MR) is 90.6 cm³/mol. The highest BCUT2D eigenvalue weighted by Crippen LogP contribution is 2.15. The van der Waals surface area contributed by atoms with Gasteiger partial charge in [0.05, 0.1) is 23.9 Å². The lowest BCUT2D eigenvalue weighted by atomic mass is 10.0. The number of esters is 2. The van der Waals surface area contributed by atoms with Gasteiger partial charge in [-0.2, -0.15) is 0 Å². The summed E-state index contributed by atoms with van der Waals surface area (Å²) in [7, 11) is 0. The maximum absolute atomic E-state index is 12.1. The molecule has 0 saturated heterocycles. The Morgan fingerprint density at radius 3 is 2.48 bits per heavy atom. The summed E-state index contributed by atoms with van der Waals surface area (Å²) in [6, 6.07) is -1.01. The van der Waals surface area contributed by atoms with Crippen LogP contribution in [0.1, 0.15) is 41.0 Å². The minimum atomic E-state index is -0.722. The van der Waals surface area contributed by atoms with Crippen LogP contribution in [0.3, 0.4) is 0 Å². The van der Waals surface area contributed by atoms with Crippen molar-refractivity contribution in [3.8, 4) is 0 Å². The van der Waals surface area contributed by atoms with Crippen molar-refractivity contribution >= 4 is 18.0 Å². The average Bonchev–Trinajstić information content (AvgIpc) is 2.51. The van der Waals surface area contributed by atoms with Crippen molar-refractivity contribution in [2.24, 2.45) is 5.92 Å². The van der Waals surface area contributed by atoms with Crippen LogP contribution in [0.25, 0.3) is 0 Å². The van der Waals surface area contributed by atoms with Crippen molar-refractivity contribution in [2.45, 2.75) is 53.2 Å². The van der Waals surface area contributed by atoms with E-state index in [1.807, 2.05) is 0 Å². The molecule has 1 rings (SSSR count). The Balaban J connectivity index is 2.69. The fraction of sp³-hybridized carbons (Fsp3) is 0.706. The van der Waals surface area contributed by atoms with Crippen LogP contribution in [-0.4, -0.2) is 49.9 Å². The molecule has 2 atom stereocenters. The molecule has 1 aliphatic rings. The summed E-state index contributed by atoms with van der Waals surface area (Å²) >= 11 is 0. The van der Waals surface area contributed by atoms with Gasteiger partial charge in [-0.3, -0.25) is 0 Å². The van der Waals surface area contributed by atoms with E-state index < -0.39 is 30.1 Å². The van der Waals surface area contributed by atoms with Crippen molar-refractivity contribution < 1.29 is 28.6 Å². The number of hydrogen-bond acceptors (Lipinski definition) is 6. The van der Waals surface area contributed by atoms with Crippen LogP contribution in [0.15, 0.2) is 11.3 Å². The van der Waals surface area contributed by atoms with E-state index in [9.17, 15) is 14.4 Å². The molecule has 0 radical (unpaired) electrons. The Bertz CT molecular complexity index is 529. The zero-order valence-electron chi connectivity index (χ0n) is 15.5. The molecule has 2 unspecified atom stereocenters. The quantitative estimate of drug-likeness (QED) is 0.607. The van der Waals surface area contributed by atoms with Gasteiger partial charge in [-0.25, -0.2) is 14.4 Å². The van der Waals surface area contributed by atoms with Crippen LogP contribution in [0.2, 0.25) is 0 Å². The van der Waals surface area contributed by atoms with Crippen LogP contribution in [0.4, 0.5) is 4.79 Å². The first kappa shape index (κ1) is 21.0. The fourth-order valence-electron chi connectivity index (χ4n) is 2.20. The molecule has 142 valence electrons. The molecule has 8 nitrogen and oxygen atoms in total. The summed E-state index contributed by atoms with van der Waals surface area (Å²) in [5.74, 6) is -0.637. The molecular weight excluding hydrogens is 328 g/mol. The van der Waals surface area contributed by atoms with Crippen molar-refractivity contribution in [3.05, 3.63) is 11.3 Å². The number of ether oxygens (including phenoxy) is 3. The van der Waals surface area contributed by atoms with E-state index in [0.29, 0.717) is 12.5 Å². The number of carbonyl (C=O) groups is 3. The van der Waals surface area contributed by atoms with Gasteiger partial charge in [-0.1, -0.05) is 13.8 Å². The number of rotatable bonds is 9. The molecule has 0 fully saturated rings. The first-order chi connectivity index (χ1) is 11.8. The Labute approximate surface area is 148 Å². The van der Waals surface area contributed by atoms with Crippen molar-refractivity contribution in [3.63, 3.8) is 0 Å². The van der Waals surface area contributed by atoms with Gasteiger partial charge < -0.3 is 24.8 Å². The molecule has 2 amide bonds. The van der Waals surface area contributed by atoms with Crippen molar-refractivity contribution in [1.29, 1.82) is 0 Å². The number of urea groups is 1. The summed E-state index contributed by atoms with van der Waals surface area (Å²) in [5, 5.41) is 5.07. The maximum Gasteiger partial charge on any atom is 0.338 e. The highest BCUT2D eigenvalue weighted by molar-refractivity contribution is 5.94. The summed E-state index contributed by atoms with van der Waals surface area (Å²) in [5.41, 5.74) is 0.458. The molecule has 0 saturated carbocycles. The van der Waals surface area contributed by atoms with E-state index in [0.717, 1.165) is 6.42 Å². The Morgan fingerprint density at radius 2 is 1.88 bits per heavy atom. The second-order valence-electron chi connectivity index (χ2n) is 6.24. The van der Waals surface area contributed by atoms with Crippen LogP contribution in [-0.2, 0) is 23.8 Å². The van der Waals surface area contributed by atoms with Gasteiger partial charge in [0.15, 0.2) is 6.10 Å². The molecule has 0 aromatic carbocycles. The maximum atomic E-state index is 12.1. The average molecular weight is 356 g/mol. The smallest absolute Gasteiger partial charge is 0.338 e. The molecule has 0 bridgehead atoms. The number of hydrogen-bond donors (Lipinski definition) is 2. The van der Waals surface area contributed by atoms with Gasteiger partial charge in [0.1, 0.15) is 6.61 Å². The summed E-state index contributed by atoms with van der Waals surface area (Å²) in [6.07, 6.45) is 0.120. The highest BCUT2D eigenvalue weighted by Gasteiger charge is 2.30. The molecule has 8 heteroatoms. The van der Waals surface area contributed by atoms with Crippen LogP contribution >= 0.6 is 0 Å². The third kappa shape index (κ3) is 6.74. The number of amides is 2. The molecular formula is C17H28N2O6. The molecule has 0 aromatic heterocycles. The summed E-state index contributed by atoms with van der Waals surface area (Å²) in [4.78, 5) is 35.7. The second kappa shape index (κ2) is 10.0. The molecule has 1 aliphatic heterocycles. The Kier molecular flexibility index (Phi) is 8.40. The van der Waals surface area contributed by atoms with Crippen molar-refractivity contribution in [1.82, 2.24) is 10.6 Å². The lowest BCUT2D eigenvalue weighted by Gasteiger charge is -2.26. The normalized spacial score (nSPS) is 18.5. The third-order valence-corrected chi connectivity index (χ3v) is 3.62. The summed E-state index contributed by atoms with van der Waals surface area (Å²) < 4.78 is 15.6. The summed E-state index contributed by atoms with van der Waals surface area (Å²) in [6.45, 7) is 9.51.